The minimum absolute atomic E-state index is 0.0734. The molecule has 21 heavy (non-hydrogen) atoms. The summed E-state index contributed by atoms with van der Waals surface area (Å²) < 4.78 is 5.29. The summed E-state index contributed by atoms with van der Waals surface area (Å²) in [4.78, 5) is 18.9. The first-order valence-corrected chi connectivity index (χ1v) is 7.38. The van der Waals surface area contributed by atoms with Crippen molar-refractivity contribution < 1.29 is 9.53 Å². The number of pyridine rings is 1. The molecular formula is C15H24N4O2. The van der Waals surface area contributed by atoms with E-state index >= 15 is 0 Å². The zero-order valence-corrected chi connectivity index (χ0v) is 13.0. The summed E-state index contributed by atoms with van der Waals surface area (Å²) in [6, 6.07) is 3.69. The number of aryl methyl sites for hydroxylation is 1. The van der Waals surface area contributed by atoms with Crippen molar-refractivity contribution >= 4 is 5.91 Å². The molecule has 2 N–H and O–H groups in total. The van der Waals surface area contributed by atoms with Gasteiger partial charge in [-0.15, -0.1) is 0 Å². The van der Waals surface area contributed by atoms with Gasteiger partial charge in [-0.05, 0) is 13.8 Å². The molecule has 1 unspecified atom stereocenters. The highest BCUT2D eigenvalue weighted by Gasteiger charge is 2.28. The molecule has 0 spiro atoms. The molecule has 1 aliphatic heterocycles. The molecule has 2 heterocycles. The maximum absolute atomic E-state index is 12.2. The summed E-state index contributed by atoms with van der Waals surface area (Å²) in [5.74, 6) is 0.881. The quantitative estimate of drug-likeness (QED) is 0.817. The number of carbonyl (C=O) groups excluding carboxylic acids is 1. The van der Waals surface area contributed by atoms with Gasteiger partial charge in [0.05, 0.1) is 12.8 Å². The first-order valence-electron chi connectivity index (χ1n) is 7.38. The number of aromatic nitrogens is 1. The molecule has 2 rings (SSSR count). The maximum Gasteiger partial charge on any atom is 0.238 e. The molecule has 116 valence electrons. The number of carbonyl (C=O) groups is 1. The van der Waals surface area contributed by atoms with Crippen molar-refractivity contribution in [1.82, 2.24) is 20.5 Å². The van der Waals surface area contributed by atoms with Crippen molar-refractivity contribution in [3.63, 3.8) is 0 Å². The lowest BCUT2D eigenvalue weighted by atomic mass is 10.1. The monoisotopic (exact) mass is 292 g/mol. The number of methoxy groups -OCH3 is 1. The Labute approximate surface area is 125 Å². The third kappa shape index (κ3) is 4.15. The molecule has 0 saturated carbocycles. The van der Waals surface area contributed by atoms with Crippen LogP contribution in [-0.4, -0.2) is 55.1 Å². The number of piperazine rings is 1. The van der Waals surface area contributed by atoms with Gasteiger partial charge in [-0.1, -0.05) is 0 Å². The van der Waals surface area contributed by atoms with Gasteiger partial charge in [0, 0.05) is 50.6 Å². The molecule has 1 saturated heterocycles. The third-order valence-corrected chi connectivity index (χ3v) is 3.59. The normalized spacial score (nSPS) is 19.3. The van der Waals surface area contributed by atoms with Gasteiger partial charge in [0.15, 0.2) is 0 Å². The Kier molecular flexibility index (Phi) is 5.52. The Morgan fingerprint density at radius 3 is 3.10 bits per heavy atom. The molecule has 1 amide bonds. The summed E-state index contributed by atoms with van der Waals surface area (Å²) in [6.45, 7) is 7.59. The summed E-state index contributed by atoms with van der Waals surface area (Å²) in [5, 5.41) is 6.18. The summed E-state index contributed by atoms with van der Waals surface area (Å²) in [5.41, 5.74) is 1.86. The third-order valence-electron chi connectivity index (χ3n) is 3.59. The number of nitrogens with one attached hydrogen (secondary N) is 2. The second-order valence-corrected chi connectivity index (χ2v) is 5.22. The predicted octanol–water partition coefficient (Wildman–Crippen LogP) is 0.309. The first-order chi connectivity index (χ1) is 10.1. The van der Waals surface area contributed by atoms with E-state index in [1.165, 1.54) is 0 Å². The Morgan fingerprint density at radius 1 is 1.57 bits per heavy atom. The van der Waals surface area contributed by atoms with Gasteiger partial charge in [0.25, 0.3) is 0 Å². The number of likely N-dealkylation sites (N-methyl/N-ethyl adjacent to an activating group) is 1. The molecule has 1 aromatic rings. The molecule has 0 aliphatic carbocycles. The number of hydrogen-bond acceptors (Lipinski definition) is 5. The van der Waals surface area contributed by atoms with Gasteiger partial charge < -0.3 is 15.4 Å². The molecule has 0 bridgehead atoms. The van der Waals surface area contributed by atoms with Crippen molar-refractivity contribution in [2.75, 3.05) is 33.3 Å². The number of rotatable bonds is 5. The van der Waals surface area contributed by atoms with Crippen molar-refractivity contribution in [1.29, 1.82) is 0 Å². The Hall–Kier alpha value is -1.66. The smallest absolute Gasteiger partial charge is 0.238 e. The van der Waals surface area contributed by atoms with Crippen molar-refractivity contribution in [3.8, 4) is 5.75 Å². The zero-order valence-electron chi connectivity index (χ0n) is 13.0. The van der Waals surface area contributed by atoms with Crippen molar-refractivity contribution in [3.05, 3.63) is 23.5 Å². The van der Waals surface area contributed by atoms with E-state index in [9.17, 15) is 4.79 Å². The number of amides is 1. The van der Waals surface area contributed by atoms with Gasteiger partial charge in [-0.25, -0.2) is 0 Å². The van der Waals surface area contributed by atoms with Crippen LogP contribution < -0.4 is 15.4 Å². The lowest BCUT2D eigenvalue weighted by Gasteiger charge is -2.34. The van der Waals surface area contributed by atoms with Gasteiger partial charge in [0.1, 0.15) is 11.8 Å². The summed E-state index contributed by atoms with van der Waals surface area (Å²) in [6.07, 6.45) is 0. The van der Waals surface area contributed by atoms with Gasteiger partial charge >= 0.3 is 0 Å². The highest BCUT2D eigenvalue weighted by Crippen LogP contribution is 2.16. The van der Waals surface area contributed by atoms with E-state index in [2.05, 4.69) is 20.5 Å². The maximum atomic E-state index is 12.2. The molecule has 1 aromatic heterocycles. The average Bonchev–Trinajstić information content (AvgIpc) is 2.47. The minimum atomic E-state index is -0.146. The van der Waals surface area contributed by atoms with Gasteiger partial charge in [-0.3, -0.25) is 14.7 Å². The van der Waals surface area contributed by atoms with Crippen LogP contribution in [0, 0.1) is 6.92 Å². The van der Waals surface area contributed by atoms with Crippen LogP contribution in [0.3, 0.4) is 0 Å². The van der Waals surface area contributed by atoms with Crippen LogP contribution >= 0.6 is 0 Å². The number of ether oxygens (including phenoxy) is 1. The van der Waals surface area contributed by atoms with Crippen molar-refractivity contribution in [2.24, 2.45) is 0 Å². The van der Waals surface area contributed by atoms with Crippen LogP contribution in [-0.2, 0) is 11.3 Å². The fourth-order valence-electron chi connectivity index (χ4n) is 2.60. The number of hydrogen-bond donors (Lipinski definition) is 2. The van der Waals surface area contributed by atoms with E-state index in [1.807, 2.05) is 26.0 Å². The van der Waals surface area contributed by atoms with E-state index in [1.54, 1.807) is 7.11 Å². The van der Waals surface area contributed by atoms with Crippen LogP contribution in [0.25, 0.3) is 0 Å². The molecule has 6 nitrogen and oxygen atoms in total. The molecule has 1 aliphatic rings. The molecule has 6 heteroatoms. The van der Waals surface area contributed by atoms with Crippen LogP contribution in [0.5, 0.6) is 5.75 Å². The lowest BCUT2D eigenvalue weighted by molar-refractivity contribution is -0.127. The SMILES string of the molecule is CCNC(=O)C1CNCCN1Cc1cc(OC)cc(C)n1. The molecule has 0 radical (unpaired) electrons. The lowest BCUT2D eigenvalue weighted by Crippen LogP contribution is -2.57. The van der Waals surface area contributed by atoms with Crippen LogP contribution in [0.15, 0.2) is 12.1 Å². The molecule has 1 atom stereocenters. The van der Waals surface area contributed by atoms with E-state index in [0.717, 1.165) is 30.2 Å². The second kappa shape index (κ2) is 7.38. The molecule has 1 fully saturated rings. The molecular weight excluding hydrogens is 268 g/mol. The average molecular weight is 292 g/mol. The largest absolute Gasteiger partial charge is 0.497 e. The van der Waals surface area contributed by atoms with E-state index in [-0.39, 0.29) is 11.9 Å². The van der Waals surface area contributed by atoms with Crippen LogP contribution in [0.1, 0.15) is 18.3 Å². The predicted molar refractivity (Wildman–Crippen MR) is 81.3 cm³/mol. The highest BCUT2D eigenvalue weighted by molar-refractivity contribution is 5.82. The van der Waals surface area contributed by atoms with Gasteiger partial charge in [-0.2, -0.15) is 0 Å². The Bertz CT molecular complexity index is 493. The molecule has 0 aromatic carbocycles. The fraction of sp³-hybridized carbons (Fsp3) is 0.600. The highest BCUT2D eigenvalue weighted by atomic mass is 16.5. The summed E-state index contributed by atoms with van der Waals surface area (Å²) >= 11 is 0. The Balaban J connectivity index is 2.11. The number of nitrogens with zero attached hydrogens (tertiary/aromatic N) is 2. The first kappa shape index (κ1) is 15.7. The van der Waals surface area contributed by atoms with Crippen molar-refractivity contribution in [2.45, 2.75) is 26.4 Å². The Morgan fingerprint density at radius 2 is 2.38 bits per heavy atom. The van der Waals surface area contributed by atoms with Crippen LogP contribution in [0.4, 0.5) is 0 Å². The van der Waals surface area contributed by atoms with E-state index < -0.39 is 0 Å². The van der Waals surface area contributed by atoms with Crippen LogP contribution in [0.2, 0.25) is 0 Å². The van der Waals surface area contributed by atoms with Gasteiger partial charge in [0.2, 0.25) is 5.91 Å². The fourth-order valence-corrected chi connectivity index (χ4v) is 2.60. The minimum Gasteiger partial charge on any atom is -0.497 e. The van der Waals surface area contributed by atoms with E-state index in [0.29, 0.717) is 19.6 Å². The zero-order chi connectivity index (χ0) is 15.2. The summed E-state index contributed by atoms with van der Waals surface area (Å²) in [7, 11) is 1.65. The topological polar surface area (TPSA) is 66.5 Å². The second-order valence-electron chi connectivity index (χ2n) is 5.22. The van der Waals surface area contributed by atoms with E-state index in [4.69, 9.17) is 4.74 Å². The standard InChI is InChI=1S/C15H24N4O2/c1-4-17-15(20)14-9-16-5-6-19(14)10-12-8-13(21-3)7-11(2)18-12/h7-8,14,16H,4-6,9-10H2,1-3H3,(H,17,20).